The van der Waals surface area contributed by atoms with Crippen LogP contribution >= 0.6 is 0 Å². The predicted octanol–water partition coefficient (Wildman–Crippen LogP) is 4.66. The summed E-state index contributed by atoms with van der Waals surface area (Å²) in [6, 6.07) is 22.6. The summed E-state index contributed by atoms with van der Waals surface area (Å²) >= 11 is 0. The summed E-state index contributed by atoms with van der Waals surface area (Å²) in [6.45, 7) is -0.535. The van der Waals surface area contributed by atoms with E-state index in [4.69, 9.17) is 0 Å². The van der Waals surface area contributed by atoms with Gasteiger partial charge in [0.1, 0.15) is 18.1 Å². The van der Waals surface area contributed by atoms with Crippen molar-refractivity contribution in [2.45, 2.75) is 0 Å². The summed E-state index contributed by atoms with van der Waals surface area (Å²) in [6.07, 6.45) is 1.64. The summed E-state index contributed by atoms with van der Waals surface area (Å²) in [5, 5.41) is 8.81. The van der Waals surface area contributed by atoms with Crippen LogP contribution in [0.5, 0.6) is 0 Å². The van der Waals surface area contributed by atoms with Gasteiger partial charge in [-0.15, -0.1) is 0 Å². The first-order chi connectivity index (χ1) is 16.0. The van der Waals surface area contributed by atoms with Gasteiger partial charge in [0.15, 0.2) is 0 Å². The summed E-state index contributed by atoms with van der Waals surface area (Å²) in [4.78, 5) is 38.6. The van der Waals surface area contributed by atoms with E-state index in [0.29, 0.717) is 0 Å². The second kappa shape index (κ2) is 8.20. The minimum atomic E-state index is -0.709. The van der Waals surface area contributed by atoms with Crippen LogP contribution in [-0.2, 0) is 9.59 Å². The molecule has 1 saturated heterocycles. The second-order valence-corrected chi connectivity index (χ2v) is 7.64. The van der Waals surface area contributed by atoms with E-state index in [0.717, 1.165) is 32.0 Å². The molecule has 6 nitrogen and oxygen atoms in total. The number of imide groups is 1. The highest BCUT2D eigenvalue weighted by atomic mass is 19.1. The second-order valence-electron chi connectivity index (χ2n) is 7.64. The molecule has 0 saturated carbocycles. The summed E-state index contributed by atoms with van der Waals surface area (Å²) in [7, 11) is 0. The summed E-state index contributed by atoms with van der Waals surface area (Å²) < 4.78 is 13.8. The van der Waals surface area contributed by atoms with E-state index in [1.54, 1.807) is 12.1 Å². The fourth-order valence-electron chi connectivity index (χ4n) is 3.96. The predicted molar refractivity (Wildman–Crippen MR) is 125 cm³/mol. The van der Waals surface area contributed by atoms with Gasteiger partial charge in [-0.25, -0.2) is 14.1 Å². The van der Waals surface area contributed by atoms with Crippen LogP contribution in [0.1, 0.15) is 5.56 Å². The van der Waals surface area contributed by atoms with Crippen LogP contribution in [0.3, 0.4) is 0 Å². The molecule has 1 aliphatic rings. The van der Waals surface area contributed by atoms with E-state index in [1.807, 2.05) is 48.5 Å². The van der Waals surface area contributed by atoms with Crippen LogP contribution in [-0.4, -0.2) is 29.3 Å². The Balaban J connectivity index is 1.47. The molecule has 33 heavy (non-hydrogen) atoms. The number of nitrogens with zero attached hydrogens (tertiary/aromatic N) is 1. The Bertz CT molecular complexity index is 1420. The van der Waals surface area contributed by atoms with Crippen LogP contribution in [0.25, 0.3) is 27.6 Å². The lowest BCUT2D eigenvalue weighted by Crippen LogP contribution is -2.38. The molecule has 5 rings (SSSR count). The molecule has 0 spiro atoms. The Kier molecular flexibility index (Phi) is 5.06. The van der Waals surface area contributed by atoms with E-state index >= 15 is 0 Å². The fraction of sp³-hybridized carbons (Fsp3) is 0.0385. The third-order valence-electron chi connectivity index (χ3n) is 5.51. The van der Waals surface area contributed by atoms with E-state index in [2.05, 4.69) is 16.7 Å². The van der Waals surface area contributed by atoms with Crippen molar-refractivity contribution < 1.29 is 18.8 Å². The van der Waals surface area contributed by atoms with E-state index in [1.165, 1.54) is 18.2 Å². The SMILES string of the molecule is O=C(CN1C(=O)N/C(=C/c2c3ccccc3cc3ccccc23)C1=O)Nc1ccccc1F. The molecule has 4 aromatic carbocycles. The molecule has 0 aliphatic carbocycles. The van der Waals surface area contributed by atoms with E-state index < -0.39 is 30.2 Å². The van der Waals surface area contributed by atoms with Crippen molar-refractivity contribution in [3.8, 4) is 0 Å². The molecule has 0 atom stereocenters. The summed E-state index contributed by atoms with van der Waals surface area (Å²) in [5.74, 6) is -1.91. The van der Waals surface area contributed by atoms with Crippen molar-refractivity contribution in [2.75, 3.05) is 11.9 Å². The summed E-state index contributed by atoms with van der Waals surface area (Å²) in [5.41, 5.74) is 0.845. The first kappa shape index (κ1) is 20.4. The number of anilines is 1. The fourth-order valence-corrected chi connectivity index (χ4v) is 3.96. The molecule has 0 bridgehead atoms. The molecule has 0 radical (unpaired) electrons. The van der Waals surface area contributed by atoms with Crippen molar-refractivity contribution in [3.63, 3.8) is 0 Å². The molecule has 162 valence electrons. The van der Waals surface area contributed by atoms with Gasteiger partial charge in [0.05, 0.1) is 5.69 Å². The van der Waals surface area contributed by atoms with Crippen LogP contribution < -0.4 is 10.6 Å². The first-order valence-corrected chi connectivity index (χ1v) is 10.3. The molecule has 1 heterocycles. The Hall–Kier alpha value is -4.52. The van der Waals surface area contributed by atoms with Crippen LogP contribution in [0.15, 0.2) is 84.6 Å². The number of fused-ring (bicyclic) bond motifs is 2. The number of halogens is 1. The maximum Gasteiger partial charge on any atom is 0.329 e. The molecule has 1 aliphatic heterocycles. The van der Waals surface area contributed by atoms with Gasteiger partial charge in [0.2, 0.25) is 5.91 Å². The number of carbonyl (C=O) groups excluding carboxylic acids is 3. The smallest absolute Gasteiger partial charge is 0.322 e. The zero-order chi connectivity index (χ0) is 22.9. The zero-order valence-electron chi connectivity index (χ0n) is 17.3. The Labute approximate surface area is 188 Å². The lowest BCUT2D eigenvalue weighted by molar-refractivity contribution is -0.127. The Morgan fingerprint density at radius 2 is 1.52 bits per heavy atom. The van der Waals surface area contributed by atoms with Crippen LogP contribution in [0, 0.1) is 5.82 Å². The Morgan fingerprint density at radius 3 is 2.18 bits per heavy atom. The van der Waals surface area contributed by atoms with Gasteiger partial charge in [-0.05, 0) is 51.4 Å². The van der Waals surface area contributed by atoms with Crippen molar-refractivity contribution in [3.05, 3.63) is 95.9 Å². The maximum absolute atomic E-state index is 13.8. The highest BCUT2D eigenvalue weighted by Crippen LogP contribution is 2.30. The monoisotopic (exact) mass is 439 g/mol. The van der Waals surface area contributed by atoms with Gasteiger partial charge in [-0.1, -0.05) is 60.7 Å². The van der Waals surface area contributed by atoms with Gasteiger partial charge in [-0.3, -0.25) is 9.59 Å². The molecular weight excluding hydrogens is 421 g/mol. The number of hydrogen-bond donors (Lipinski definition) is 2. The number of benzene rings is 4. The van der Waals surface area contributed by atoms with Gasteiger partial charge < -0.3 is 10.6 Å². The highest BCUT2D eigenvalue weighted by molar-refractivity contribution is 6.18. The van der Waals surface area contributed by atoms with Gasteiger partial charge in [0.25, 0.3) is 5.91 Å². The van der Waals surface area contributed by atoms with Crippen LogP contribution in [0.2, 0.25) is 0 Å². The normalized spacial score (nSPS) is 14.8. The van der Waals surface area contributed by atoms with Gasteiger partial charge in [-0.2, -0.15) is 0 Å². The number of hydrogen-bond acceptors (Lipinski definition) is 3. The average Bonchev–Trinajstić information content (AvgIpc) is 3.07. The van der Waals surface area contributed by atoms with E-state index in [9.17, 15) is 18.8 Å². The van der Waals surface area contributed by atoms with Crippen molar-refractivity contribution >= 4 is 51.2 Å². The van der Waals surface area contributed by atoms with Gasteiger partial charge >= 0.3 is 6.03 Å². The first-order valence-electron chi connectivity index (χ1n) is 10.3. The molecule has 0 unspecified atom stereocenters. The lowest BCUT2D eigenvalue weighted by atomic mass is 9.96. The minimum absolute atomic E-state index is 0.0208. The molecule has 4 aromatic rings. The number of carbonyl (C=O) groups is 3. The van der Waals surface area contributed by atoms with Gasteiger partial charge in [0, 0.05) is 0 Å². The molecule has 1 fully saturated rings. The maximum atomic E-state index is 13.8. The van der Waals surface area contributed by atoms with E-state index in [-0.39, 0.29) is 11.4 Å². The number of amides is 4. The quantitative estimate of drug-likeness (QED) is 0.276. The number of urea groups is 1. The van der Waals surface area contributed by atoms with Crippen LogP contribution in [0.4, 0.5) is 14.9 Å². The largest absolute Gasteiger partial charge is 0.329 e. The number of para-hydroxylation sites is 1. The molecular formula is C26H18FN3O3. The zero-order valence-corrected chi connectivity index (χ0v) is 17.3. The molecule has 4 amide bonds. The molecule has 0 aromatic heterocycles. The van der Waals surface area contributed by atoms with Crippen molar-refractivity contribution in [2.24, 2.45) is 0 Å². The van der Waals surface area contributed by atoms with Crippen molar-refractivity contribution in [1.29, 1.82) is 0 Å². The minimum Gasteiger partial charge on any atom is -0.322 e. The highest BCUT2D eigenvalue weighted by Gasteiger charge is 2.35. The third kappa shape index (κ3) is 3.80. The standard InChI is InChI=1S/C26H18FN3O3/c27-21-11-5-6-12-22(21)28-24(31)15-30-25(32)23(29-26(30)33)14-20-18-9-3-1-7-16(18)13-17-8-2-4-10-19(17)20/h1-14H,15H2,(H,28,31)(H,29,33)/b23-14+. The average molecular weight is 439 g/mol. The molecule has 2 N–H and O–H groups in total. The van der Waals surface area contributed by atoms with Crippen molar-refractivity contribution in [1.82, 2.24) is 10.2 Å². The number of rotatable bonds is 4. The number of nitrogens with one attached hydrogen (secondary N) is 2. The molecule has 7 heteroatoms. The third-order valence-corrected chi connectivity index (χ3v) is 5.51. The Morgan fingerprint density at radius 1 is 0.909 bits per heavy atom. The lowest BCUT2D eigenvalue weighted by Gasteiger charge is -2.12. The topological polar surface area (TPSA) is 78.5 Å².